The minimum absolute atomic E-state index is 0.275. The van der Waals surface area contributed by atoms with Crippen LogP contribution in [0.5, 0.6) is 0 Å². The molecule has 0 saturated carbocycles. The fraction of sp³-hybridized carbons (Fsp3) is 0.364. The van der Waals surface area contributed by atoms with Gasteiger partial charge in [-0.25, -0.2) is 9.50 Å². The zero-order valence-corrected chi connectivity index (χ0v) is 9.68. The number of primary amides is 1. The third-order valence-corrected chi connectivity index (χ3v) is 2.36. The lowest BCUT2D eigenvalue weighted by atomic mass is 10.3. The number of nitrogens with one attached hydrogen (secondary N) is 1. The number of nitrogens with zero attached hydrogens (tertiary/aromatic N) is 3. The Morgan fingerprint density at radius 3 is 3.12 bits per heavy atom. The molecule has 6 nitrogen and oxygen atoms in total. The van der Waals surface area contributed by atoms with Gasteiger partial charge in [0.15, 0.2) is 11.5 Å². The minimum Gasteiger partial charge on any atom is -0.385 e. The zero-order valence-electron chi connectivity index (χ0n) is 9.68. The van der Waals surface area contributed by atoms with Crippen molar-refractivity contribution in [1.82, 2.24) is 14.6 Å². The molecule has 90 valence electrons. The van der Waals surface area contributed by atoms with Gasteiger partial charge in [-0.2, -0.15) is 5.10 Å². The van der Waals surface area contributed by atoms with E-state index in [-0.39, 0.29) is 12.3 Å². The van der Waals surface area contributed by atoms with Crippen LogP contribution in [-0.2, 0) is 11.2 Å². The average Bonchev–Trinajstić information content (AvgIpc) is 2.69. The van der Waals surface area contributed by atoms with Gasteiger partial charge in [0.05, 0.1) is 0 Å². The van der Waals surface area contributed by atoms with Crippen LogP contribution in [0, 0.1) is 0 Å². The highest BCUT2D eigenvalue weighted by Crippen LogP contribution is 2.10. The van der Waals surface area contributed by atoms with Gasteiger partial charge >= 0.3 is 0 Å². The van der Waals surface area contributed by atoms with Gasteiger partial charge in [-0.15, -0.1) is 0 Å². The van der Waals surface area contributed by atoms with Crippen molar-refractivity contribution in [2.45, 2.75) is 19.8 Å². The van der Waals surface area contributed by atoms with Crippen molar-refractivity contribution in [2.24, 2.45) is 5.73 Å². The van der Waals surface area contributed by atoms with Crippen LogP contribution in [0.2, 0.25) is 0 Å². The lowest BCUT2D eigenvalue weighted by molar-refractivity contribution is -0.118. The van der Waals surface area contributed by atoms with E-state index in [0.717, 1.165) is 17.9 Å². The standard InChI is InChI=1S/C11H15N5O/c1-2-13-8-5-6-16-11(7-8)14-10(15-16)4-3-9(12)17/h5-7,13H,2-4H2,1H3,(H2,12,17). The smallest absolute Gasteiger partial charge is 0.217 e. The summed E-state index contributed by atoms with van der Waals surface area (Å²) in [7, 11) is 0. The first-order valence-electron chi connectivity index (χ1n) is 5.56. The first-order valence-corrected chi connectivity index (χ1v) is 5.56. The molecule has 0 aromatic carbocycles. The Bertz CT molecular complexity index is 534. The van der Waals surface area contributed by atoms with Gasteiger partial charge in [0.1, 0.15) is 0 Å². The van der Waals surface area contributed by atoms with Crippen LogP contribution in [-0.4, -0.2) is 27.0 Å². The summed E-state index contributed by atoms with van der Waals surface area (Å²) in [5, 5.41) is 7.46. The molecule has 0 aliphatic carbocycles. The molecule has 0 aliphatic heterocycles. The van der Waals surface area contributed by atoms with Crippen LogP contribution in [0.1, 0.15) is 19.2 Å². The van der Waals surface area contributed by atoms with Crippen molar-refractivity contribution in [3.63, 3.8) is 0 Å². The van der Waals surface area contributed by atoms with Crippen molar-refractivity contribution in [1.29, 1.82) is 0 Å². The van der Waals surface area contributed by atoms with Gasteiger partial charge in [-0.3, -0.25) is 4.79 Å². The van der Waals surface area contributed by atoms with E-state index < -0.39 is 0 Å². The summed E-state index contributed by atoms with van der Waals surface area (Å²) in [5.74, 6) is 0.301. The van der Waals surface area contributed by atoms with Crippen molar-refractivity contribution in [3.05, 3.63) is 24.2 Å². The number of carbonyl (C=O) groups is 1. The molecule has 3 N–H and O–H groups in total. The largest absolute Gasteiger partial charge is 0.385 e. The third kappa shape index (κ3) is 2.72. The second-order valence-corrected chi connectivity index (χ2v) is 3.74. The number of nitrogens with two attached hydrogens (primary N) is 1. The Balaban J connectivity index is 2.21. The predicted octanol–water partition coefficient (Wildman–Crippen LogP) is 0.579. The number of pyridine rings is 1. The fourth-order valence-corrected chi connectivity index (χ4v) is 1.58. The quantitative estimate of drug-likeness (QED) is 0.791. The molecular formula is C11H15N5O. The SMILES string of the molecule is CCNc1ccn2nc(CCC(N)=O)nc2c1. The van der Waals surface area contributed by atoms with E-state index in [4.69, 9.17) is 5.73 Å². The highest BCUT2D eigenvalue weighted by molar-refractivity contribution is 5.73. The van der Waals surface area contributed by atoms with Crippen LogP contribution >= 0.6 is 0 Å². The van der Waals surface area contributed by atoms with Crippen molar-refractivity contribution in [2.75, 3.05) is 11.9 Å². The van der Waals surface area contributed by atoms with Gasteiger partial charge in [-0.1, -0.05) is 0 Å². The highest BCUT2D eigenvalue weighted by Gasteiger charge is 2.05. The molecule has 2 aromatic rings. The molecule has 0 radical (unpaired) electrons. The number of aromatic nitrogens is 3. The molecule has 0 fully saturated rings. The Morgan fingerprint density at radius 1 is 1.59 bits per heavy atom. The minimum atomic E-state index is -0.336. The Labute approximate surface area is 98.8 Å². The van der Waals surface area contributed by atoms with Crippen LogP contribution in [0.25, 0.3) is 5.65 Å². The van der Waals surface area contributed by atoms with Crippen molar-refractivity contribution < 1.29 is 4.79 Å². The molecule has 0 spiro atoms. The Hall–Kier alpha value is -2.11. The molecule has 17 heavy (non-hydrogen) atoms. The number of aryl methyl sites for hydroxylation is 1. The first-order chi connectivity index (χ1) is 8.19. The second kappa shape index (κ2) is 4.82. The second-order valence-electron chi connectivity index (χ2n) is 3.74. The van der Waals surface area contributed by atoms with Gasteiger partial charge < -0.3 is 11.1 Å². The summed E-state index contributed by atoms with van der Waals surface area (Å²) in [5.41, 5.74) is 6.86. The molecule has 2 aromatic heterocycles. The summed E-state index contributed by atoms with van der Waals surface area (Å²) in [6, 6.07) is 3.85. The molecule has 6 heteroatoms. The van der Waals surface area contributed by atoms with Crippen LogP contribution in [0.15, 0.2) is 18.3 Å². The number of amides is 1. The first kappa shape index (κ1) is 11.4. The van der Waals surface area contributed by atoms with Crippen molar-refractivity contribution >= 4 is 17.2 Å². The van der Waals surface area contributed by atoms with E-state index in [1.807, 2.05) is 25.3 Å². The number of rotatable bonds is 5. The lowest BCUT2D eigenvalue weighted by Crippen LogP contribution is -2.11. The lowest BCUT2D eigenvalue weighted by Gasteiger charge is -2.01. The maximum Gasteiger partial charge on any atom is 0.217 e. The molecule has 2 heterocycles. The molecule has 0 atom stereocenters. The maximum atomic E-state index is 10.7. The maximum absolute atomic E-state index is 10.7. The molecular weight excluding hydrogens is 218 g/mol. The monoisotopic (exact) mass is 233 g/mol. The van der Waals surface area contributed by atoms with Gasteiger partial charge in [0.2, 0.25) is 5.91 Å². The third-order valence-electron chi connectivity index (χ3n) is 2.36. The summed E-state index contributed by atoms with van der Waals surface area (Å²) in [4.78, 5) is 15.0. The van der Waals surface area contributed by atoms with E-state index in [1.54, 1.807) is 4.52 Å². The normalized spacial score (nSPS) is 10.6. The van der Waals surface area contributed by atoms with Crippen molar-refractivity contribution in [3.8, 4) is 0 Å². The van der Waals surface area contributed by atoms with Crippen LogP contribution < -0.4 is 11.1 Å². The Kier molecular flexibility index (Phi) is 3.22. The van der Waals surface area contributed by atoms with Crippen LogP contribution in [0.4, 0.5) is 5.69 Å². The molecule has 2 rings (SSSR count). The molecule has 0 saturated heterocycles. The number of hydrogen-bond acceptors (Lipinski definition) is 4. The molecule has 0 bridgehead atoms. The van der Waals surface area contributed by atoms with Crippen LogP contribution in [0.3, 0.4) is 0 Å². The number of anilines is 1. The van der Waals surface area contributed by atoms with Gasteiger partial charge in [0, 0.05) is 37.3 Å². The van der Waals surface area contributed by atoms with Gasteiger partial charge in [0.25, 0.3) is 0 Å². The molecule has 0 unspecified atom stereocenters. The number of hydrogen-bond donors (Lipinski definition) is 2. The molecule has 1 amide bonds. The summed E-state index contributed by atoms with van der Waals surface area (Å²) < 4.78 is 1.69. The predicted molar refractivity (Wildman–Crippen MR) is 64.7 cm³/mol. The van der Waals surface area contributed by atoms with E-state index in [9.17, 15) is 4.79 Å². The van der Waals surface area contributed by atoms with E-state index >= 15 is 0 Å². The highest BCUT2D eigenvalue weighted by atomic mass is 16.1. The fourth-order valence-electron chi connectivity index (χ4n) is 1.58. The number of carbonyl (C=O) groups excluding carboxylic acids is 1. The summed E-state index contributed by atoms with van der Waals surface area (Å²) in [6.07, 6.45) is 2.60. The summed E-state index contributed by atoms with van der Waals surface area (Å²) in [6.45, 7) is 2.89. The average molecular weight is 233 g/mol. The van der Waals surface area contributed by atoms with E-state index in [1.165, 1.54) is 0 Å². The Morgan fingerprint density at radius 2 is 2.41 bits per heavy atom. The zero-order chi connectivity index (χ0) is 12.3. The molecule has 0 aliphatic rings. The van der Waals surface area contributed by atoms with E-state index in [0.29, 0.717) is 12.2 Å². The van der Waals surface area contributed by atoms with E-state index in [2.05, 4.69) is 15.4 Å². The van der Waals surface area contributed by atoms with Gasteiger partial charge in [-0.05, 0) is 13.0 Å². The summed E-state index contributed by atoms with van der Waals surface area (Å²) >= 11 is 0. The number of fused-ring (bicyclic) bond motifs is 1. The topological polar surface area (TPSA) is 85.3 Å².